The molecule has 2 aromatic rings. The van der Waals surface area contributed by atoms with Gasteiger partial charge in [0.15, 0.2) is 0 Å². The lowest BCUT2D eigenvalue weighted by molar-refractivity contribution is -0.136. The van der Waals surface area contributed by atoms with Gasteiger partial charge in [0.05, 0.1) is 0 Å². The van der Waals surface area contributed by atoms with Crippen LogP contribution in [0.25, 0.3) is 11.1 Å². The third-order valence-corrected chi connectivity index (χ3v) is 4.68. The number of halogens is 2. The van der Waals surface area contributed by atoms with Crippen molar-refractivity contribution in [1.82, 2.24) is 0 Å². The zero-order valence-corrected chi connectivity index (χ0v) is 13.0. The van der Waals surface area contributed by atoms with Crippen molar-refractivity contribution in [2.75, 3.05) is 0 Å². The molecule has 0 saturated heterocycles. The predicted octanol–water partition coefficient (Wildman–Crippen LogP) is 5.14. The Kier molecular flexibility index (Phi) is 3.68. The first-order valence-corrected chi connectivity index (χ1v) is 7.57. The summed E-state index contributed by atoms with van der Waals surface area (Å²) in [4.78, 5) is 10.9. The van der Waals surface area contributed by atoms with Gasteiger partial charge in [-0.05, 0) is 52.4 Å². The Balaban J connectivity index is 2.14. The lowest BCUT2D eigenvalue weighted by Gasteiger charge is -2.14. The minimum atomic E-state index is -0.810. The molecule has 1 N–H and O–H groups in total. The molecule has 0 heterocycles. The number of hydrogen-bond acceptors (Lipinski definition) is 1. The first-order valence-electron chi connectivity index (χ1n) is 6.82. The zero-order valence-electron chi connectivity index (χ0n) is 11.5. The van der Waals surface area contributed by atoms with Crippen LogP contribution >= 0.6 is 23.2 Å². The summed E-state index contributed by atoms with van der Waals surface area (Å²) in [5, 5.41) is 10.3. The van der Waals surface area contributed by atoms with Crippen LogP contribution in [-0.2, 0) is 11.2 Å². The van der Waals surface area contributed by atoms with Gasteiger partial charge in [-0.25, -0.2) is 0 Å². The highest BCUT2D eigenvalue weighted by Crippen LogP contribution is 2.48. The molecular formula is C17H14Cl2O2. The fourth-order valence-electron chi connectivity index (χ4n) is 3.15. The van der Waals surface area contributed by atoms with E-state index in [-0.39, 0.29) is 12.3 Å². The molecule has 0 spiro atoms. The molecule has 21 heavy (non-hydrogen) atoms. The summed E-state index contributed by atoms with van der Waals surface area (Å²) in [6.07, 6.45) is 0.531. The van der Waals surface area contributed by atoms with E-state index in [1.54, 1.807) is 0 Å². The monoisotopic (exact) mass is 320 g/mol. The Hall–Kier alpha value is -1.51. The van der Waals surface area contributed by atoms with Crippen LogP contribution in [0.5, 0.6) is 0 Å². The number of rotatable bonds is 3. The number of fused-ring (bicyclic) bond motifs is 3. The predicted molar refractivity (Wildman–Crippen MR) is 85.4 cm³/mol. The van der Waals surface area contributed by atoms with E-state index in [0.29, 0.717) is 16.5 Å². The van der Waals surface area contributed by atoms with Gasteiger partial charge in [-0.2, -0.15) is 0 Å². The molecule has 2 aromatic carbocycles. The maximum Gasteiger partial charge on any atom is 0.303 e. The normalized spacial score (nSPS) is 15.7. The summed E-state index contributed by atoms with van der Waals surface area (Å²) in [5.41, 5.74) is 5.56. The Bertz CT molecular complexity index is 738. The Morgan fingerprint density at radius 2 is 1.90 bits per heavy atom. The van der Waals surface area contributed by atoms with Crippen LogP contribution in [0, 0.1) is 0 Å². The molecular weight excluding hydrogens is 307 g/mol. The number of hydrogen-bond donors (Lipinski definition) is 1. The summed E-state index contributed by atoms with van der Waals surface area (Å²) in [6.45, 7) is 2.11. The zero-order chi connectivity index (χ0) is 15.1. The lowest BCUT2D eigenvalue weighted by atomic mass is 9.92. The highest BCUT2D eigenvalue weighted by atomic mass is 35.5. The molecule has 0 radical (unpaired) electrons. The number of carboxylic acids is 1. The average molecular weight is 321 g/mol. The van der Waals surface area contributed by atoms with Gasteiger partial charge < -0.3 is 5.11 Å². The van der Waals surface area contributed by atoms with E-state index in [0.717, 1.165) is 22.3 Å². The average Bonchev–Trinajstić information content (AvgIpc) is 2.71. The first kappa shape index (κ1) is 14.4. The fraction of sp³-hybridized carbons (Fsp3) is 0.235. The number of carboxylic acid groups (broad SMARTS) is 1. The maximum absolute atomic E-state index is 10.9. The highest BCUT2D eigenvalue weighted by molar-refractivity contribution is 6.32. The molecule has 1 atom stereocenters. The quantitative estimate of drug-likeness (QED) is 0.849. The Morgan fingerprint density at radius 3 is 2.62 bits per heavy atom. The second-order valence-electron chi connectivity index (χ2n) is 5.33. The van der Waals surface area contributed by atoms with Gasteiger partial charge in [0.2, 0.25) is 0 Å². The third kappa shape index (κ3) is 2.43. The molecule has 0 bridgehead atoms. The van der Waals surface area contributed by atoms with Crippen molar-refractivity contribution in [1.29, 1.82) is 0 Å². The topological polar surface area (TPSA) is 37.3 Å². The second kappa shape index (κ2) is 5.36. The number of carbonyl (C=O) groups is 1. The van der Waals surface area contributed by atoms with Gasteiger partial charge in [0, 0.05) is 22.4 Å². The van der Waals surface area contributed by atoms with Crippen LogP contribution in [0.4, 0.5) is 0 Å². The largest absolute Gasteiger partial charge is 0.481 e. The molecule has 2 nitrogen and oxygen atoms in total. The van der Waals surface area contributed by atoms with E-state index in [1.165, 1.54) is 5.56 Å². The molecule has 0 fully saturated rings. The SMILES string of the molecule is CC1c2cc(Cl)ccc2-c2ccc(Cl)c(CCC(=O)O)c21. The number of benzene rings is 2. The van der Waals surface area contributed by atoms with Crippen molar-refractivity contribution in [3.63, 3.8) is 0 Å². The van der Waals surface area contributed by atoms with Gasteiger partial charge in [-0.3, -0.25) is 4.79 Å². The molecule has 0 aromatic heterocycles. The third-order valence-electron chi connectivity index (χ3n) is 4.09. The Morgan fingerprint density at radius 1 is 1.19 bits per heavy atom. The molecule has 4 heteroatoms. The van der Waals surface area contributed by atoms with E-state index in [2.05, 4.69) is 6.92 Å². The van der Waals surface area contributed by atoms with Crippen LogP contribution in [-0.4, -0.2) is 11.1 Å². The lowest BCUT2D eigenvalue weighted by Crippen LogP contribution is -2.03. The van der Waals surface area contributed by atoms with Crippen LogP contribution in [0.3, 0.4) is 0 Å². The summed E-state index contributed by atoms with van der Waals surface area (Å²) in [5.74, 6) is -0.633. The summed E-state index contributed by atoms with van der Waals surface area (Å²) < 4.78 is 0. The summed E-state index contributed by atoms with van der Waals surface area (Å²) >= 11 is 12.4. The van der Waals surface area contributed by atoms with Crippen LogP contribution < -0.4 is 0 Å². The van der Waals surface area contributed by atoms with E-state index in [1.807, 2.05) is 30.3 Å². The second-order valence-corrected chi connectivity index (χ2v) is 6.18. The minimum absolute atomic E-state index is 0.0833. The fourth-order valence-corrected chi connectivity index (χ4v) is 3.59. The van der Waals surface area contributed by atoms with Crippen molar-refractivity contribution < 1.29 is 9.90 Å². The first-order chi connectivity index (χ1) is 9.99. The minimum Gasteiger partial charge on any atom is -0.481 e. The highest BCUT2D eigenvalue weighted by Gasteiger charge is 2.29. The van der Waals surface area contributed by atoms with Gasteiger partial charge in [0.1, 0.15) is 0 Å². The van der Waals surface area contributed by atoms with Crippen LogP contribution in [0.2, 0.25) is 10.0 Å². The molecule has 0 aliphatic heterocycles. The maximum atomic E-state index is 10.9. The van der Waals surface area contributed by atoms with E-state index < -0.39 is 5.97 Å². The van der Waals surface area contributed by atoms with Gasteiger partial charge in [0.25, 0.3) is 0 Å². The van der Waals surface area contributed by atoms with Crippen molar-refractivity contribution in [3.8, 4) is 11.1 Å². The van der Waals surface area contributed by atoms with Crippen molar-refractivity contribution in [2.45, 2.75) is 25.7 Å². The van der Waals surface area contributed by atoms with Crippen LogP contribution in [0.1, 0.15) is 36.0 Å². The van der Waals surface area contributed by atoms with Crippen molar-refractivity contribution in [2.24, 2.45) is 0 Å². The van der Waals surface area contributed by atoms with Gasteiger partial charge >= 0.3 is 5.97 Å². The molecule has 1 aliphatic rings. The summed E-state index contributed by atoms with van der Waals surface area (Å²) in [6, 6.07) is 9.76. The molecule has 1 unspecified atom stereocenters. The molecule has 0 amide bonds. The molecule has 3 rings (SSSR count). The van der Waals surface area contributed by atoms with Gasteiger partial charge in [-0.15, -0.1) is 0 Å². The van der Waals surface area contributed by atoms with Crippen molar-refractivity contribution in [3.05, 3.63) is 57.1 Å². The molecule has 1 aliphatic carbocycles. The molecule has 0 saturated carbocycles. The van der Waals surface area contributed by atoms with E-state index >= 15 is 0 Å². The number of aliphatic carboxylic acids is 1. The molecule has 108 valence electrons. The smallest absolute Gasteiger partial charge is 0.303 e. The van der Waals surface area contributed by atoms with Gasteiger partial charge in [-0.1, -0.05) is 42.3 Å². The standard InChI is InChI=1S/C17H14Cl2O2/c1-9-14-8-10(18)2-3-11(14)12-4-6-15(19)13(17(9)12)5-7-16(20)21/h2-4,6,8-9H,5,7H2,1H3,(H,20,21). The van der Waals surface area contributed by atoms with Crippen LogP contribution in [0.15, 0.2) is 30.3 Å². The van der Waals surface area contributed by atoms with E-state index in [4.69, 9.17) is 28.3 Å². The summed E-state index contributed by atoms with van der Waals surface area (Å²) in [7, 11) is 0. The van der Waals surface area contributed by atoms with Crippen molar-refractivity contribution >= 4 is 29.2 Å². The Labute approximate surface area is 133 Å². The van der Waals surface area contributed by atoms with E-state index in [9.17, 15) is 4.79 Å².